The predicted octanol–water partition coefficient (Wildman–Crippen LogP) is -1.16. The van der Waals surface area contributed by atoms with Gasteiger partial charge in [-0.1, -0.05) is 0 Å². The first-order valence-corrected chi connectivity index (χ1v) is 6.51. The second-order valence-corrected chi connectivity index (χ2v) is 5.01. The van der Waals surface area contributed by atoms with Crippen LogP contribution < -0.4 is 5.73 Å². The molecule has 18 heavy (non-hydrogen) atoms. The molecule has 2 atom stereocenters. The molecule has 1 saturated heterocycles. The van der Waals surface area contributed by atoms with Crippen LogP contribution in [0.3, 0.4) is 0 Å². The second kappa shape index (κ2) is 5.04. The zero-order valence-corrected chi connectivity index (χ0v) is 10.7. The first-order chi connectivity index (χ1) is 8.20. The fourth-order valence-corrected chi connectivity index (χ4v) is 2.60. The minimum absolute atomic E-state index is 0.167. The topological polar surface area (TPSA) is 127 Å². The Morgan fingerprint density at radius 3 is 2.61 bits per heavy atom. The third-order valence-electron chi connectivity index (χ3n) is 2.44. The van der Waals surface area contributed by atoms with Crippen LogP contribution in [-0.2, 0) is 24.6 Å². The first kappa shape index (κ1) is 14.6. The van der Waals surface area contributed by atoms with E-state index >= 15 is 0 Å². The summed E-state index contributed by atoms with van der Waals surface area (Å²) in [6.45, 7) is 3.20. The van der Waals surface area contributed by atoms with Gasteiger partial charge in [-0.15, -0.1) is 0 Å². The van der Waals surface area contributed by atoms with E-state index in [2.05, 4.69) is 4.74 Å². The summed E-state index contributed by atoms with van der Waals surface area (Å²) in [5.74, 6) is -1.59. The molecule has 0 spiro atoms. The summed E-state index contributed by atoms with van der Waals surface area (Å²) in [6, 6.07) is -2.16. The Balaban J connectivity index is 2.95. The van der Waals surface area contributed by atoms with Gasteiger partial charge in [-0.3, -0.25) is 9.35 Å². The van der Waals surface area contributed by atoms with Crippen LogP contribution in [-0.4, -0.2) is 47.8 Å². The summed E-state index contributed by atoms with van der Waals surface area (Å²) >= 11 is 0. The van der Waals surface area contributed by atoms with E-state index in [9.17, 15) is 18.0 Å². The summed E-state index contributed by atoms with van der Waals surface area (Å²) in [6.07, 6.45) is 1.04. The number of rotatable bonds is 4. The van der Waals surface area contributed by atoms with Gasteiger partial charge < -0.3 is 10.5 Å². The third-order valence-corrected chi connectivity index (χ3v) is 3.35. The Hall–Kier alpha value is -1.45. The van der Waals surface area contributed by atoms with E-state index in [1.807, 2.05) is 0 Å². The van der Waals surface area contributed by atoms with Gasteiger partial charge in [0.2, 0.25) is 0 Å². The van der Waals surface area contributed by atoms with Crippen LogP contribution in [0.4, 0.5) is 0 Å². The smallest absolute Gasteiger partial charge is 0.362 e. The monoisotopic (exact) mass is 278 g/mol. The van der Waals surface area contributed by atoms with Gasteiger partial charge in [-0.25, -0.2) is 9.10 Å². The van der Waals surface area contributed by atoms with Gasteiger partial charge in [0.15, 0.2) is 0 Å². The van der Waals surface area contributed by atoms with Crippen LogP contribution in [0.15, 0.2) is 11.6 Å². The van der Waals surface area contributed by atoms with Gasteiger partial charge in [0.05, 0.1) is 12.6 Å². The van der Waals surface area contributed by atoms with Crippen molar-refractivity contribution in [3.8, 4) is 0 Å². The number of carbonyl (C=O) groups excluding carboxylic acids is 2. The van der Waals surface area contributed by atoms with Crippen molar-refractivity contribution >= 4 is 22.2 Å². The third kappa shape index (κ3) is 2.68. The average Bonchev–Trinajstić information content (AvgIpc) is 2.22. The highest BCUT2D eigenvalue weighted by atomic mass is 32.2. The van der Waals surface area contributed by atoms with Gasteiger partial charge in [0.1, 0.15) is 6.04 Å². The Bertz CT molecular complexity index is 497. The van der Waals surface area contributed by atoms with Crippen molar-refractivity contribution in [3.05, 3.63) is 11.6 Å². The highest BCUT2D eigenvalue weighted by Gasteiger charge is 2.52. The SMILES string of the molecule is CCOC(=O)/C=C(\C)C1C(N)C(=O)N1S(=O)(=O)O. The van der Waals surface area contributed by atoms with Crippen LogP contribution in [0.5, 0.6) is 0 Å². The van der Waals surface area contributed by atoms with Crippen molar-refractivity contribution in [3.63, 3.8) is 0 Å². The summed E-state index contributed by atoms with van der Waals surface area (Å²) in [7, 11) is -4.68. The molecule has 0 radical (unpaired) electrons. The van der Waals surface area contributed by atoms with E-state index in [0.717, 1.165) is 6.08 Å². The van der Waals surface area contributed by atoms with E-state index in [1.165, 1.54) is 6.92 Å². The van der Waals surface area contributed by atoms with E-state index < -0.39 is 34.3 Å². The molecular formula is C9H14N2O6S. The van der Waals surface area contributed by atoms with Crippen LogP contribution in [0, 0.1) is 0 Å². The molecule has 3 N–H and O–H groups in total. The van der Waals surface area contributed by atoms with Crippen LogP contribution >= 0.6 is 0 Å². The number of nitrogens with zero attached hydrogens (tertiary/aromatic N) is 1. The Labute approximate surface area is 104 Å². The maximum atomic E-state index is 11.3. The number of hydrogen-bond donors (Lipinski definition) is 2. The van der Waals surface area contributed by atoms with E-state index in [0.29, 0.717) is 0 Å². The van der Waals surface area contributed by atoms with E-state index in [-0.39, 0.29) is 16.5 Å². The molecule has 0 aromatic rings. The quantitative estimate of drug-likeness (QED) is 0.287. The first-order valence-electron chi connectivity index (χ1n) is 5.11. The molecule has 1 aliphatic rings. The molecule has 1 aliphatic heterocycles. The van der Waals surface area contributed by atoms with Crippen molar-refractivity contribution in [2.75, 3.05) is 6.61 Å². The van der Waals surface area contributed by atoms with Crippen molar-refractivity contribution in [1.82, 2.24) is 4.31 Å². The van der Waals surface area contributed by atoms with Crippen LogP contribution in [0.1, 0.15) is 13.8 Å². The maximum Gasteiger partial charge on any atom is 0.362 e. The van der Waals surface area contributed by atoms with Gasteiger partial charge in [-0.05, 0) is 19.4 Å². The molecule has 0 aromatic carbocycles. The number of β-lactam (4-membered cyclic amide) rings is 1. The largest absolute Gasteiger partial charge is 0.463 e. The molecule has 8 nitrogen and oxygen atoms in total. The molecular weight excluding hydrogens is 264 g/mol. The summed E-state index contributed by atoms with van der Waals surface area (Å²) in [5, 5.41) is 0. The lowest BCUT2D eigenvalue weighted by molar-refractivity contribution is -0.140. The summed E-state index contributed by atoms with van der Waals surface area (Å²) in [5.41, 5.74) is 5.66. The van der Waals surface area contributed by atoms with Gasteiger partial charge in [-0.2, -0.15) is 8.42 Å². The number of hydrogen-bond acceptors (Lipinski definition) is 6. The van der Waals surface area contributed by atoms with Crippen molar-refractivity contribution in [2.45, 2.75) is 25.9 Å². The standard InChI is InChI=1S/C9H14N2O6S/c1-3-17-6(12)4-5(2)8-7(10)9(13)11(8)18(14,15)16/h4,7-8H,3,10H2,1-2H3,(H,14,15,16)/b5-4+. The Morgan fingerprint density at radius 2 is 2.17 bits per heavy atom. The zero-order chi connectivity index (χ0) is 14.1. The van der Waals surface area contributed by atoms with Crippen LogP contribution in [0.2, 0.25) is 0 Å². The average molecular weight is 278 g/mol. The molecule has 0 bridgehead atoms. The summed E-state index contributed by atoms with van der Waals surface area (Å²) in [4.78, 5) is 22.4. The highest BCUT2D eigenvalue weighted by Crippen LogP contribution is 2.27. The minimum atomic E-state index is -4.68. The molecule has 102 valence electrons. The molecule has 0 aliphatic carbocycles. The van der Waals surface area contributed by atoms with Gasteiger partial charge >= 0.3 is 16.3 Å². The van der Waals surface area contributed by atoms with E-state index in [4.69, 9.17) is 10.3 Å². The van der Waals surface area contributed by atoms with E-state index in [1.54, 1.807) is 6.92 Å². The fraction of sp³-hybridized carbons (Fsp3) is 0.556. The molecule has 1 rings (SSSR count). The Kier molecular flexibility index (Phi) is 4.09. The highest BCUT2D eigenvalue weighted by molar-refractivity contribution is 7.84. The number of amides is 1. The summed E-state index contributed by atoms with van der Waals surface area (Å²) < 4.78 is 35.7. The molecule has 1 amide bonds. The lowest BCUT2D eigenvalue weighted by atomic mass is 9.93. The van der Waals surface area contributed by atoms with Crippen molar-refractivity contribution in [1.29, 1.82) is 0 Å². The Morgan fingerprint density at radius 1 is 1.61 bits per heavy atom. The number of ether oxygens (including phenoxy) is 1. The molecule has 2 unspecified atom stereocenters. The van der Waals surface area contributed by atoms with Crippen molar-refractivity contribution in [2.24, 2.45) is 5.73 Å². The molecule has 1 heterocycles. The van der Waals surface area contributed by atoms with Crippen LogP contribution in [0.25, 0.3) is 0 Å². The lowest BCUT2D eigenvalue weighted by Gasteiger charge is -2.42. The molecule has 1 fully saturated rings. The normalized spacial score (nSPS) is 24.8. The zero-order valence-electron chi connectivity index (χ0n) is 9.86. The predicted molar refractivity (Wildman–Crippen MR) is 60.5 cm³/mol. The molecule has 0 aromatic heterocycles. The lowest BCUT2D eigenvalue weighted by Crippen LogP contribution is -2.70. The number of nitrogens with two attached hydrogens (primary N) is 1. The molecule has 9 heteroatoms. The minimum Gasteiger partial charge on any atom is -0.463 e. The fourth-order valence-electron chi connectivity index (χ4n) is 1.66. The van der Waals surface area contributed by atoms with Gasteiger partial charge in [0.25, 0.3) is 5.91 Å². The number of esters is 1. The van der Waals surface area contributed by atoms with Gasteiger partial charge in [0, 0.05) is 6.08 Å². The molecule has 0 saturated carbocycles. The maximum absolute atomic E-state index is 11.3. The second-order valence-electron chi connectivity index (χ2n) is 3.72. The van der Waals surface area contributed by atoms with Crippen molar-refractivity contribution < 1.29 is 27.3 Å². The number of carbonyl (C=O) groups is 2.